The molecule has 0 bridgehead atoms. The van der Waals surface area contributed by atoms with E-state index >= 15 is 0 Å². The molecule has 1 aliphatic heterocycles. The zero-order valence-electron chi connectivity index (χ0n) is 14.2. The van der Waals surface area contributed by atoms with Crippen molar-refractivity contribution in [2.75, 3.05) is 30.8 Å². The average molecular weight is 347 g/mol. The highest BCUT2D eigenvalue weighted by Gasteiger charge is 2.25. The molecule has 0 spiro atoms. The minimum atomic E-state index is -0.233. The third-order valence-corrected chi connectivity index (χ3v) is 4.87. The Kier molecular flexibility index (Phi) is 5.30. The summed E-state index contributed by atoms with van der Waals surface area (Å²) in [7, 11) is 0. The standard InChI is InChI=1S/C17H22FN5S/c1-12-8-16(21-17(20-12)24-3)23-7-6-22(13(2)10-23)11-14-4-5-19-9-15(14)18/h4-5,8-9,13H,6-7,10-11H2,1-3H3. The lowest BCUT2D eigenvalue weighted by atomic mass is 10.1. The minimum Gasteiger partial charge on any atom is -0.354 e. The van der Waals surface area contributed by atoms with Gasteiger partial charge in [0.25, 0.3) is 0 Å². The molecule has 0 N–H and O–H groups in total. The molecule has 0 aliphatic carbocycles. The summed E-state index contributed by atoms with van der Waals surface area (Å²) in [6.45, 7) is 7.41. The van der Waals surface area contributed by atoms with E-state index in [0.717, 1.165) is 36.3 Å². The monoisotopic (exact) mass is 347 g/mol. The Hall–Kier alpha value is -1.73. The molecule has 0 aromatic carbocycles. The van der Waals surface area contributed by atoms with Crippen molar-refractivity contribution in [3.05, 3.63) is 41.6 Å². The molecule has 1 atom stereocenters. The van der Waals surface area contributed by atoms with Crippen LogP contribution < -0.4 is 4.90 Å². The molecule has 1 aliphatic rings. The summed E-state index contributed by atoms with van der Waals surface area (Å²) in [5, 5.41) is 0.805. The second-order valence-electron chi connectivity index (χ2n) is 6.09. The molecule has 0 amide bonds. The van der Waals surface area contributed by atoms with Crippen LogP contribution in [0.4, 0.5) is 10.2 Å². The predicted octanol–water partition coefficient (Wildman–Crippen LogP) is 2.75. The molecule has 24 heavy (non-hydrogen) atoms. The predicted molar refractivity (Wildman–Crippen MR) is 94.8 cm³/mol. The summed E-state index contributed by atoms with van der Waals surface area (Å²) >= 11 is 1.56. The molecule has 1 fully saturated rings. The number of thioether (sulfide) groups is 1. The highest BCUT2D eigenvalue weighted by molar-refractivity contribution is 7.98. The number of piperazine rings is 1. The topological polar surface area (TPSA) is 45.2 Å². The summed E-state index contributed by atoms with van der Waals surface area (Å²) in [5.41, 5.74) is 1.69. The van der Waals surface area contributed by atoms with Gasteiger partial charge in [-0.25, -0.2) is 14.4 Å². The van der Waals surface area contributed by atoms with Crippen molar-refractivity contribution in [1.82, 2.24) is 19.9 Å². The van der Waals surface area contributed by atoms with Crippen LogP contribution >= 0.6 is 11.8 Å². The number of halogens is 1. The van der Waals surface area contributed by atoms with Gasteiger partial charge in [-0.2, -0.15) is 0 Å². The van der Waals surface area contributed by atoms with E-state index in [1.54, 1.807) is 24.0 Å². The van der Waals surface area contributed by atoms with Gasteiger partial charge in [0.2, 0.25) is 0 Å². The third-order valence-electron chi connectivity index (χ3n) is 4.32. The highest BCUT2D eigenvalue weighted by atomic mass is 32.2. The van der Waals surface area contributed by atoms with Gasteiger partial charge in [-0.1, -0.05) is 11.8 Å². The Labute approximate surface area is 146 Å². The molecule has 0 saturated carbocycles. The Bertz CT molecular complexity index is 711. The van der Waals surface area contributed by atoms with Crippen molar-refractivity contribution >= 4 is 17.6 Å². The van der Waals surface area contributed by atoms with Crippen LogP contribution in [0.3, 0.4) is 0 Å². The van der Waals surface area contributed by atoms with Gasteiger partial charge in [0.15, 0.2) is 5.16 Å². The van der Waals surface area contributed by atoms with Crippen molar-refractivity contribution in [2.24, 2.45) is 0 Å². The minimum absolute atomic E-state index is 0.233. The maximum atomic E-state index is 13.8. The fourth-order valence-corrected chi connectivity index (χ4v) is 3.39. The maximum Gasteiger partial charge on any atom is 0.189 e. The van der Waals surface area contributed by atoms with Crippen LogP contribution in [0.2, 0.25) is 0 Å². The number of pyridine rings is 1. The fraction of sp³-hybridized carbons (Fsp3) is 0.471. The van der Waals surface area contributed by atoms with E-state index in [9.17, 15) is 4.39 Å². The van der Waals surface area contributed by atoms with Crippen LogP contribution in [-0.4, -0.2) is 51.8 Å². The number of aromatic nitrogens is 3. The smallest absolute Gasteiger partial charge is 0.189 e. The van der Waals surface area contributed by atoms with Crippen LogP contribution in [0.1, 0.15) is 18.2 Å². The Morgan fingerprint density at radius 1 is 1.33 bits per heavy atom. The molecular weight excluding hydrogens is 325 g/mol. The molecule has 2 aromatic heterocycles. The Morgan fingerprint density at radius 2 is 2.17 bits per heavy atom. The van der Waals surface area contributed by atoms with Crippen LogP contribution in [-0.2, 0) is 6.54 Å². The van der Waals surface area contributed by atoms with Crippen molar-refractivity contribution in [1.29, 1.82) is 0 Å². The molecule has 3 rings (SSSR count). The molecule has 3 heterocycles. The number of hydrogen-bond donors (Lipinski definition) is 0. The van der Waals surface area contributed by atoms with E-state index < -0.39 is 0 Å². The number of hydrogen-bond acceptors (Lipinski definition) is 6. The fourth-order valence-electron chi connectivity index (χ4n) is 2.97. The first-order valence-corrected chi connectivity index (χ1v) is 9.26. The summed E-state index contributed by atoms with van der Waals surface area (Å²) in [4.78, 5) is 17.4. The van der Waals surface area contributed by atoms with E-state index in [1.807, 2.05) is 19.2 Å². The van der Waals surface area contributed by atoms with Gasteiger partial charge >= 0.3 is 0 Å². The van der Waals surface area contributed by atoms with Crippen molar-refractivity contribution in [3.63, 3.8) is 0 Å². The van der Waals surface area contributed by atoms with Gasteiger partial charge in [-0.3, -0.25) is 9.88 Å². The third kappa shape index (κ3) is 3.84. The molecular formula is C17H22FN5S. The summed E-state index contributed by atoms with van der Waals surface area (Å²) in [6.07, 6.45) is 4.92. The second kappa shape index (κ2) is 7.44. The molecule has 128 valence electrons. The van der Waals surface area contributed by atoms with E-state index in [1.165, 1.54) is 6.20 Å². The molecule has 5 nitrogen and oxygen atoms in total. The summed E-state index contributed by atoms with van der Waals surface area (Å²) < 4.78 is 13.8. The van der Waals surface area contributed by atoms with Gasteiger partial charge in [0.1, 0.15) is 11.6 Å². The zero-order valence-corrected chi connectivity index (χ0v) is 15.1. The lowest BCUT2D eigenvalue weighted by Crippen LogP contribution is -2.51. The van der Waals surface area contributed by atoms with Gasteiger partial charge < -0.3 is 4.90 Å². The number of anilines is 1. The molecule has 0 radical (unpaired) electrons. The van der Waals surface area contributed by atoms with Crippen molar-refractivity contribution in [2.45, 2.75) is 31.6 Å². The molecule has 1 unspecified atom stereocenters. The number of rotatable bonds is 4. The number of aryl methyl sites for hydroxylation is 1. The van der Waals surface area contributed by atoms with E-state index in [2.05, 4.69) is 31.7 Å². The highest BCUT2D eigenvalue weighted by Crippen LogP contribution is 2.22. The van der Waals surface area contributed by atoms with Crippen LogP contribution in [0.25, 0.3) is 0 Å². The van der Waals surface area contributed by atoms with E-state index in [-0.39, 0.29) is 5.82 Å². The lowest BCUT2D eigenvalue weighted by molar-refractivity contribution is 0.178. The van der Waals surface area contributed by atoms with Gasteiger partial charge in [0.05, 0.1) is 6.20 Å². The summed E-state index contributed by atoms with van der Waals surface area (Å²) in [5.74, 6) is 0.747. The maximum absolute atomic E-state index is 13.8. The molecule has 2 aromatic rings. The SMILES string of the molecule is CSc1nc(C)cc(N2CCN(Cc3ccncc3F)C(C)C2)n1. The summed E-state index contributed by atoms with van der Waals surface area (Å²) in [6, 6.07) is 4.11. The van der Waals surface area contributed by atoms with Gasteiger partial charge in [0, 0.05) is 55.7 Å². The second-order valence-corrected chi connectivity index (χ2v) is 6.86. The number of nitrogens with zero attached hydrogens (tertiary/aromatic N) is 5. The van der Waals surface area contributed by atoms with Gasteiger partial charge in [-0.05, 0) is 26.2 Å². The van der Waals surface area contributed by atoms with Crippen LogP contribution in [0.5, 0.6) is 0 Å². The first-order valence-electron chi connectivity index (χ1n) is 8.04. The van der Waals surface area contributed by atoms with E-state index in [0.29, 0.717) is 18.2 Å². The zero-order chi connectivity index (χ0) is 17.1. The quantitative estimate of drug-likeness (QED) is 0.626. The Balaban J connectivity index is 1.69. The first-order chi connectivity index (χ1) is 11.6. The largest absolute Gasteiger partial charge is 0.354 e. The van der Waals surface area contributed by atoms with Crippen molar-refractivity contribution in [3.8, 4) is 0 Å². The lowest BCUT2D eigenvalue weighted by Gasteiger charge is -2.40. The Morgan fingerprint density at radius 3 is 2.88 bits per heavy atom. The normalized spacial score (nSPS) is 18.8. The van der Waals surface area contributed by atoms with E-state index in [4.69, 9.17) is 0 Å². The molecule has 1 saturated heterocycles. The van der Waals surface area contributed by atoms with Crippen LogP contribution in [0.15, 0.2) is 29.7 Å². The van der Waals surface area contributed by atoms with Crippen molar-refractivity contribution < 1.29 is 4.39 Å². The molecule has 7 heteroatoms. The average Bonchev–Trinajstić information content (AvgIpc) is 2.58. The van der Waals surface area contributed by atoms with Crippen LogP contribution in [0, 0.1) is 12.7 Å². The van der Waals surface area contributed by atoms with Gasteiger partial charge in [-0.15, -0.1) is 0 Å². The first kappa shape index (κ1) is 17.1.